The molecule has 6 rings (SSSR count). The standard InChI is InChI=1S/C31H27N6.Cr/c1-22-19-28(25-13-7-4-8-14-25)32-35(22)31(36-23(2)20-29(33-36)26-15-9-5-10-16-26)37-24(3)21-30(34-37)27-17-11-6-12-18-27;/h4-21H,1-3H3;. The molecular weight excluding hydrogens is 508 g/mol. The molecule has 187 valence electrons. The number of aryl methyl sites for hydroxylation is 3. The van der Waals surface area contributed by atoms with Gasteiger partial charge in [0, 0.05) is 0 Å². The number of nitrogens with zero attached hydrogens (tertiary/aromatic N) is 6. The van der Waals surface area contributed by atoms with E-state index < -0.39 is 4.65 Å². The maximum atomic E-state index is 5.11. The van der Waals surface area contributed by atoms with Crippen LogP contribution in [0.15, 0.2) is 109 Å². The number of hydrogen-bond donors (Lipinski definition) is 0. The number of hydrogen-bond acceptors (Lipinski definition) is 3. The summed E-state index contributed by atoms with van der Waals surface area (Å²) in [4.78, 5) is 0. The third-order valence-corrected chi connectivity index (χ3v) is 7.51. The monoisotopic (exact) mass is 535 g/mol. The summed E-state index contributed by atoms with van der Waals surface area (Å²) < 4.78 is 4.95. The fraction of sp³-hybridized carbons (Fsp3) is 0.129. The van der Waals surface area contributed by atoms with Crippen LogP contribution in [0, 0.1) is 20.8 Å². The number of benzene rings is 3. The van der Waals surface area contributed by atoms with Gasteiger partial charge in [0.2, 0.25) is 0 Å². The molecule has 3 heterocycles. The molecule has 0 saturated heterocycles. The van der Waals surface area contributed by atoms with E-state index >= 15 is 0 Å². The summed E-state index contributed by atoms with van der Waals surface area (Å²) >= 11 is 3.46. The molecule has 0 fully saturated rings. The van der Waals surface area contributed by atoms with Crippen molar-refractivity contribution in [2.75, 3.05) is 0 Å². The van der Waals surface area contributed by atoms with E-state index in [1.165, 1.54) is 0 Å². The molecule has 0 N–H and O–H groups in total. The molecule has 0 aliphatic heterocycles. The van der Waals surface area contributed by atoms with Gasteiger partial charge in [-0.2, -0.15) is 0 Å². The zero-order valence-corrected chi connectivity index (χ0v) is 22.8. The van der Waals surface area contributed by atoms with E-state index in [2.05, 4.69) is 91.7 Å². The molecular formula is C31H27CrN6. The van der Waals surface area contributed by atoms with Crippen molar-refractivity contribution in [3.63, 3.8) is 0 Å². The Balaban J connectivity index is 1.58. The van der Waals surface area contributed by atoms with Gasteiger partial charge in [0.25, 0.3) is 0 Å². The fourth-order valence-electron chi connectivity index (χ4n) is 4.83. The SMILES string of the molecule is Cc1cc(-c2ccccc2)nn1[C]([Cr])(n1nc(-c2ccccc2)cc1C)n1nc(-c2ccccc2)cc1C. The van der Waals surface area contributed by atoms with Crippen molar-refractivity contribution >= 4 is 0 Å². The van der Waals surface area contributed by atoms with Gasteiger partial charge in [0.05, 0.1) is 0 Å². The summed E-state index contributed by atoms with van der Waals surface area (Å²) in [7, 11) is 0. The van der Waals surface area contributed by atoms with E-state index in [9.17, 15) is 0 Å². The Labute approximate surface area is 230 Å². The molecule has 38 heavy (non-hydrogen) atoms. The van der Waals surface area contributed by atoms with Gasteiger partial charge in [-0.1, -0.05) is 0 Å². The molecule has 0 atom stereocenters. The Kier molecular flexibility index (Phi) is 6.11. The van der Waals surface area contributed by atoms with Gasteiger partial charge in [0.1, 0.15) is 0 Å². The normalized spacial score (nSPS) is 11.7. The van der Waals surface area contributed by atoms with Gasteiger partial charge in [-0.05, 0) is 0 Å². The predicted molar refractivity (Wildman–Crippen MR) is 146 cm³/mol. The summed E-state index contributed by atoms with van der Waals surface area (Å²) in [6, 6.07) is 37.0. The van der Waals surface area contributed by atoms with Gasteiger partial charge in [-0.25, -0.2) is 0 Å². The molecule has 0 amide bonds. The summed E-state index contributed by atoms with van der Waals surface area (Å²) in [6.45, 7) is 6.21. The topological polar surface area (TPSA) is 53.5 Å². The number of rotatable bonds is 6. The third-order valence-electron chi connectivity index (χ3n) is 6.70. The Morgan fingerprint density at radius 3 is 1.00 bits per heavy atom. The zero-order valence-electron chi connectivity index (χ0n) is 21.5. The molecule has 0 saturated carbocycles. The second-order valence-corrected chi connectivity index (χ2v) is 10.3. The Hall–Kier alpha value is -4.18. The van der Waals surface area contributed by atoms with E-state index in [1.54, 1.807) is 0 Å². The summed E-state index contributed by atoms with van der Waals surface area (Å²) in [5.41, 5.74) is 8.79. The summed E-state index contributed by atoms with van der Waals surface area (Å²) in [5, 5.41) is 15.3. The van der Waals surface area contributed by atoms with Crippen molar-refractivity contribution in [3.05, 3.63) is 126 Å². The van der Waals surface area contributed by atoms with Crippen LogP contribution in [0.5, 0.6) is 0 Å². The molecule has 0 bridgehead atoms. The van der Waals surface area contributed by atoms with E-state index in [0.29, 0.717) is 0 Å². The van der Waals surface area contributed by atoms with E-state index in [0.717, 1.165) is 50.9 Å². The predicted octanol–water partition coefficient (Wildman–Crippen LogP) is 6.41. The van der Waals surface area contributed by atoms with Crippen LogP contribution in [0.25, 0.3) is 33.8 Å². The molecule has 0 spiro atoms. The first-order chi connectivity index (χ1) is 18.4. The van der Waals surface area contributed by atoms with Gasteiger partial charge >= 0.3 is 231 Å². The van der Waals surface area contributed by atoms with Crippen LogP contribution in [-0.2, 0) is 20.9 Å². The van der Waals surface area contributed by atoms with Crippen molar-refractivity contribution < 1.29 is 16.3 Å². The van der Waals surface area contributed by atoms with Crippen LogP contribution in [0.1, 0.15) is 17.1 Å². The maximum absolute atomic E-state index is 5.11. The molecule has 3 aromatic heterocycles. The molecule has 7 heteroatoms. The minimum atomic E-state index is -1.01. The molecule has 6 nitrogen and oxygen atoms in total. The first kappa shape index (κ1) is 24.2. The molecule has 6 aromatic rings. The first-order valence-electron chi connectivity index (χ1n) is 12.5. The van der Waals surface area contributed by atoms with Gasteiger partial charge in [-0.3, -0.25) is 0 Å². The Bertz CT molecular complexity index is 1500. The van der Waals surface area contributed by atoms with Crippen LogP contribution in [0.4, 0.5) is 0 Å². The Morgan fingerprint density at radius 1 is 0.474 bits per heavy atom. The first-order valence-corrected chi connectivity index (χ1v) is 13.2. The summed E-state index contributed by atoms with van der Waals surface area (Å²) in [5.74, 6) is 0. The van der Waals surface area contributed by atoms with Crippen LogP contribution < -0.4 is 0 Å². The average molecular weight is 536 g/mol. The van der Waals surface area contributed by atoms with E-state index in [4.69, 9.17) is 15.3 Å². The molecule has 3 aromatic carbocycles. The fourth-order valence-corrected chi connectivity index (χ4v) is 5.69. The quantitative estimate of drug-likeness (QED) is 0.248. The van der Waals surface area contributed by atoms with Gasteiger partial charge in [0.15, 0.2) is 0 Å². The van der Waals surface area contributed by atoms with Crippen molar-refractivity contribution in [3.8, 4) is 33.8 Å². The van der Waals surface area contributed by atoms with Crippen molar-refractivity contribution in [1.29, 1.82) is 0 Å². The Morgan fingerprint density at radius 2 is 0.737 bits per heavy atom. The van der Waals surface area contributed by atoms with Gasteiger partial charge in [-0.15, -0.1) is 0 Å². The van der Waals surface area contributed by atoms with Crippen molar-refractivity contribution in [1.82, 2.24) is 29.3 Å². The van der Waals surface area contributed by atoms with Crippen LogP contribution >= 0.6 is 0 Å². The molecule has 0 unspecified atom stereocenters. The van der Waals surface area contributed by atoms with Crippen LogP contribution in [-0.4, -0.2) is 29.3 Å². The molecule has 0 radical (unpaired) electrons. The molecule has 0 aliphatic rings. The van der Waals surface area contributed by atoms with Crippen LogP contribution in [0.2, 0.25) is 0 Å². The average Bonchev–Trinajstić information content (AvgIpc) is 3.67. The third kappa shape index (κ3) is 4.10. The molecule has 0 aliphatic carbocycles. The number of aromatic nitrogens is 6. The second-order valence-electron chi connectivity index (χ2n) is 9.42. The van der Waals surface area contributed by atoms with Gasteiger partial charge < -0.3 is 0 Å². The zero-order chi connectivity index (χ0) is 26.3. The minimum absolute atomic E-state index is 0.893. The van der Waals surface area contributed by atoms with Crippen molar-refractivity contribution in [2.45, 2.75) is 25.4 Å². The van der Waals surface area contributed by atoms with E-state index in [1.807, 2.05) is 68.6 Å². The second kappa shape index (κ2) is 9.61. The summed E-state index contributed by atoms with van der Waals surface area (Å²) in [6.07, 6.45) is 0. The van der Waals surface area contributed by atoms with Crippen molar-refractivity contribution in [2.24, 2.45) is 0 Å². The van der Waals surface area contributed by atoms with Crippen LogP contribution in [0.3, 0.4) is 0 Å². The van der Waals surface area contributed by atoms with E-state index in [-0.39, 0.29) is 0 Å².